The van der Waals surface area contributed by atoms with Gasteiger partial charge in [-0.2, -0.15) is 0 Å². The largest absolute Gasteiger partial charge is 0.299 e. The highest BCUT2D eigenvalue weighted by Gasteiger charge is 2.52. The molecule has 0 unspecified atom stereocenters. The number of non-ortho nitro benzene ring substituents is 1. The number of nitrogens with zero attached hydrogens (tertiary/aromatic N) is 1. The maximum Gasteiger partial charge on any atom is 0.269 e. The van der Waals surface area contributed by atoms with Crippen molar-refractivity contribution in [3.05, 3.63) is 39.9 Å². The second-order valence-corrected chi connectivity index (χ2v) is 6.99. The summed E-state index contributed by atoms with van der Waals surface area (Å²) in [5.41, 5.74) is -0.482. The van der Waals surface area contributed by atoms with Crippen LogP contribution in [0.4, 0.5) is 5.69 Å². The van der Waals surface area contributed by atoms with Crippen LogP contribution in [0.3, 0.4) is 0 Å². The van der Waals surface area contributed by atoms with Crippen LogP contribution in [0.15, 0.2) is 24.3 Å². The summed E-state index contributed by atoms with van der Waals surface area (Å²) in [6.45, 7) is 1.73. The fourth-order valence-corrected chi connectivity index (χ4v) is 4.00. The van der Waals surface area contributed by atoms with E-state index in [-0.39, 0.29) is 41.3 Å². The maximum atomic E-state index is 12.6. The number of Topliss-reactive ketones (excluding diaryl/α,β-unsaturated/α-hetero) is 3. The molecule has 0 radical (unpaired) electrons. The van der Waals surface area contributed by atoms with Crippen LogP contribution in [-0.2, 0) is 9.59 Å². The van der Waals surface area contributed by atoms with Gasteiger partial charge < -0.3 is 0 Å². The summed E-state index contributed by atoms with van der Waals surface area (Å²) in [7, 11) is 0. The van der Waals surface area contributed by atoms with E-state index in [1.54, 1.807) is 6.92 Å². The Hall–Kier alpha value is -2.37. The van der Waals surface area contributed by atoms with Crippen LogP contribution in [0, 0.1) is 27.4 Å². The van der Waals surface area contributed by atoms with Gasteiger partial charge in [0, 0.05) is 36.5 Å². The van der Waals surface area contributed by atoms with Gasteiger partial charge >= 0.3 is 0 Å². The van der Waals surface area contributed by atoms with Crippen LogP contribution < -0.4 is 0 Å². The molecular weight excluding hydrogens is 310 g/mol. The number of nitro groups is 1. The molecule has 6 nitrogen and oxygen atoms in total. The molecule has 0 aliphatic heterocycles. The van der Waals surface area contributed by atoms with Crippen molar-refractivity contribution in [2.24, 2.45) is 17.3 Å². The van der Waals surface area contributed by atoms with Crippen LogP contribution in [-0.4, -0.2) is 22.3 Å². The molecule has 2 aliphatic rings. The summed E-state index contributed by atoms with van der Waals surface area (Å²) in [5.74, 6) is -0.344. The highest BCUT2D eigenvalue weighted by atomic mass is 16.6. The molecule has 24 heavy (non-hydrogen) atoms. The van der Waals surface area contributed by atoms with Crippen molar-refractivity contribution >= 4 is 23.0 Å². The smallest absolute Gasteiger partial charge is 0.269 e. The number of ketones is 3. The van der Waals surface area contributed by atoms with Gasteiger partial charge in [0.15, 0.2) is 5.78 Å². The maximum absolute atomic E-state index is 12.6. The van der Waals surface area contributed by atoms with E-state index in [1.165, 1.54) is 24.3 Å². The summed E-state index contributed by atoms with van der Waals surface area (Å²) in [6.07, 6.45) is 2.40. The molecule has 0 amide bonds. The van der Waals surface area contributed by atoms with Crippen LogP contribution in [0.5, 0.6) is 0 Å². The van der Waals surface area contributed by atoms with Gasteiger partial charge in [-0.05, 0) is 44.2 Å². The van der Waals surface area contributed by atoms with Gasteiger partial charge in [-0.25, -0.2) is 0 Å². The van der Waals surface area contributed by atoms with Gasteiger partial charge in [-0.3, -0.25) is 24.5 Å². The van der Waals surface area contributed by atoms with Gasteiger partial charge in [0.05, 0.1) is 10.3 Å². The van der Waals surface area contributed by atoms with Crippen molar-refractivity contribution in [2.75, 3.05) is 0 Å². The lowest BCUT2D eigenvalue weighted by molar-refractivity contribution is -0.384. The molecule has 6 heteroatoms. The molecule has 0 spiro atoms. The fraction of sp³-hybridized carbons (Fsp3) is 0.500. The van der Waals surface area contributed by atoms with Gasteiger partial charge in [0.25, 0.3) is 5.69 Å². The predicted molar refractivity (Wildman–Crippen MR) is 85.6 cm³/mol. The minimum atomic E-state index is -0.851. The van der Waals surface area contributed by atoms with Crippen LogP contribution >= 0.6 is 0 Å². The number of hydrogen-bond donors (Lipinski definition) is 0. The summed E-state index contributed by atoms with van der Waals surface area (Å²) in [5, 5.41) is 10.7. The van der Waals surface area contributed by atoms with E-state index in [0.717, 1.165) is 0 Å². The molecule has 0 N–H and O–H groups in total. The highest BCUT2D eigenvalue weighted by molar-refractivity contribution is 6.10. The lowest BCUT2D eigenvalue weighted by atomic mass is 9.57. The molecule has 2 aliphatic carbocycles. The Morgan fingerprint density at radius 3 is 2.54 bits per heavy atom. The average molecular weight is 329 g/mol. The van der Waals surface area contributed by atoms with E-state index in [2.05, 4.69) is 0 Å². The first-order valence-electron chi connectivity index (χ1n) is 8.18. The van der Waals surface area contributed by atoms with Gasteiger partial charge in [0.2, 0.25) is 0 Å². The third-order valence-electron chi connectivity index (χ3n) is 5.61. The van der Waals surface area contributed by atoms with Gasteiger partial charge in [-0.1, -0.05) is 0 Å². The summed E-state index contributed by atoms with van der Waals surface area (Å²) >= 11 is 0. The van der Waals surface area contributed by atoms with E-state index in [9.17, 15) is 24.5 Å². The van der Waals surface area contributed by atoms with Crippen molar-refractivity contribution in [3.8, 4) is 0 Å². The van der Waals surface area contributed by atoms with Gasteiger partial charge in [0.1, 0.15) is 11.6 Å². The zero-order valence-corrected chi connectivity index (χ0v) is 13.5. The molecule has 0 aromatic heterocycles. The normalized spacial score (nSPS) is 29.4. The fourth-order valence-electron chi connectivity index (χ4n) is 4.00. The minimum absolute atomic E-state index is 0.00787. The van der Waals surface area contributed by atoms with E-state index >= 15 is 0 Å². The Balaban J connectivity index is 1.72. The van der Waals surface area contributed by atoms with E-state index in [1.807, 2.05) is 0 Å². The monoisotopic (exact) mass is 329 g/mol. The lowest BCUT2D eigenvalue weighted by Crippen LogP contribution is -2.51. The second-order valence-electron chi connectivity index (χ2n) is 6.99. The molecule has 3 rings (SSSR count). The zero-order valence-electron chi connectivity index (χ0n) is 13.5. The summed E-state index contributed by atoms with van der Waals surface area (Å²) in [6, 6.07) is 5.55. The third-order valence-corrected chi connectivity index (χ3v) is 5.61. The van der Waals surface area contributed by atoms with Crippen LogP contribution in [0.2, 0.25) is 0 Å². The van der Waals surface area contributed by atoms with Gasteiger partial charge in [-0.15, -0.1) is 0 Å². The molecule has 0 saturated heterocycles. The van der Waals surface area contributed by atoms with Crippen molar-refractivity contribution in [3.63, 3.8) is 0 Å². The highest BCUT2D eigenvalue weighted by Crippen LogP contribution is 2.47. The number of fused-ring (bicyclic) bond motifs is 2. The van der Waals surface area contributed by atoms with Crippen LogP contribution in [0.25, 0.3) is 0 Å². The van der Waals surface area contributed by atoms with Crippen molar-refractivity contribution in [1.82, 2.24) is 0 Å². The molecule has 1 aromatic rings. The minimum Gasteiger partial charge on any atom is -0.299 e. The Bertz CT molecular complexity index is 723. The number of hydrogen-bond acceptors (Lipinski definition) is 5. The second kappa shape index (κ2) is 5.92. The predicted octanol–water partition coefficient (Wildman–Crippen LogP) is 3.13. The molecule has 2 fully saturated rings. The summed E-state index contributed by atoms with van der Waals surface area (Å²) in [4.78, 5) is 47.2. The van der Waals surface area contributed by atoms with E-state index < -0.39 is 10.3 Å². The standard InChI is InChI=1S/C18H19NO5/c1-18-9-8-12(14(17(18)22)6-7-16(18)21)10-15(20)11-2-4-13(5-3-11)19(23)24/h2-5,12,14H,6-10H2,1H3/t12-,14+,18+/m0/s1. The number of rotatable bonds is 4. The first-order valence-corrected chi connectivity index (χ1v) is 8.18. The zero-order chi connectivity index (χ0) is 17.5. The third kappa shape index (κ3) is 2.66. The first-order chi connectivity index (χ1) is 11.3. The molecule has 126 valence electrons. The Labute approximate surface area is 139 Å². The first kappa shape index (κ1) is 16.5. The van der Waals surface area contributed by atoms with E-state index in [0.29, 0.717) is 31.2 Å². The molecular formula is C18H19NO5. The summed E-state index contributed by atoms with van der Waals surface area (Å²) < 4.78 is 0. The molecule has 2 saturated carbocycles. The SMILES string of the molecule is C[C@@]12CC[C@@H](CC(=O)c3ccc([N+](=O)[O-])cc3)[C@@H](CCC1=O)C2=O. The molecule has 0 heterocycles. The molecule has 3 atom stereocenters. The van der Waals surface area contributed by atoms with E-state index in [4.69, 9.17) is 0 Å². The average Bonchev–Trinajstić information content (AvgIpc) is 2.56. The molecule has 1 aromatic carbocycles. The Morgan fingerprint density at radius 2 is 1.92 bits per heavy atom. The number of carbonyl (C=O) groups is 3. The Kier molecular flexibility index (Phi) is 4.07. The van der Waals surface area contributed by atoms with Crippen molar-refractivity contribution in [1.29, 1.82) is 0 Å². The van der Waals surface area contributed by atoms with Crippen molar-refractivity contribution in [2.45, 2.75) is 39.0 Å². The number of nitro benzene ring substituents is 1. The number of benzene rings is 1. The topological polar surface area (TPSA) is 94.3 Å². The quantitative estimate of drug-likeness (QED) is 0.366. The lowest BCUT2D eigenvalue weighted by Gasteiger charge is -2.44. The Morgan fingerprint density at radius 1 is 1.25 bits per heavy atom. The molecule has 2 bridgehead atoms. The number of carbonyl (C=O) groups excluding carboxylic acids is 3. The van der Waals surface area contributed by atoms with Crippen molar-refractivity contribution < 1.29 is 19.3 Å². The van der Waals surface area contributed by atoms with Crippen LogP contribution in [0.1, 0.15) is 49.4 Å².